The van der Waals surface area contributed by atoms with Gasteiger partial charge in [-0.15, -0.1) is 11.3 Å². The first-order chi connectivity index (χ1) is 12.1. The smallest absolute Gasteiger partial charge is 0.289 e. The second kappa shape index (κ2) is 8.21. The van der Waals surface area contributed by atoms with E-state index >= 15 is 0 Å². The second-order valence-corrected chi connectivity index (χ2v) is 7.32. The van der Waals surface area contributed by atoms with Crippen LogP contribution in [0.5, 0.6) is 0 Å². The fourth-order valence-electron chi connectivity index (χ4n) is 2.51. The molecule has 0 spiro atoms. The van der Waals surface area contributed by atoms with Gasteiger partial charge < -0.3 is 4.90 Å². The third-order valence-corrected chi connectivity index (χ3v) is 5.40. The number of hydrogen-bond donors (Lipinski definition) is 2. The Morgan fingerprint density at radius 1 is 1.20 bits per heavy atom. The Morgan fingerprint density at radius 2 is 2.08 bits per heavy atom. The lowest BCUT2D eigenvalue weighted by Crippen LogP contribution is -2.47. The Morgan fingerprint density at radius 3 is 2.88 bits per heavy atom. The first-order valence-corrected chi connectivity index (χ1v) is 9.81. The van der Waals surface area contributed by atoms with Gasteiger partial charge in [0.2, 0.25) is 5.91 Å². The number of thiophene rings is 1. The summed E-state index contributed by atoms with van der Waals surface area (Å²) in [6, 6.07) is 1.94. The normalized spacial score (nSPS) is 14.9. The van der Waals surface area contributed by atoms with E-state index in [1.165, 1.54) is 16.2 Å². The van der Waals surface area contributed by atoms with Gasteiger partial charge in [0.15, 0.2) is 0 Å². The number of hydrazine groups is 1. The van der Waals surface area contributed by atoms with E-state index in [1.807, 2.05) is 16.8 Å². The summed E-state index contributed by atoms with van der Waals surface area (Å²) in [5.74, 6) is -0.913. The molecule has 0 aliphatic carbocycles. The lowest BCUT2D eigenvalue weighted by atomic mass is 10.2. The van der Waals surface area contributed by atoms with E-state index in [-0.39, 0.29) is 18.1 Å². The van der Waals surface area contributed by atoms with Crippen LogP contribution in [-0.2, 0) is 9.59 Å². The number of aromatic nitrogens is 1. The maximum Gasteiger partial charge on any atom is 0.289 e. The zero-order valence-electron chi connectivity index (χ0n) is 13.5. The van der Waals surface area contributed by atoms with E-state index in [0.717, 1.165) is 29.8 Å². The summed E-state index contributed by atoms with van der Waals surface area (Å²) in [7, 11) is 0. The molecule has 3 amide bonds. The van der Waals surface area contributed by atoms with Crippen LogP contribution in [0.2, 0.25) is 0 Å². The van der Waals surface area contributed by atoms with Crippen LogP contribution in [0.4, 0.5) is 0 Å². The molecule has 2 N–H and O–H groups in total. The van der Waals surface area contributed by atoms with Crippen molar-refractivity contribution in [3.8, 4) is 10.6 Å². The summed E-state index contributed by atoms with van der Waals surface area (Å²) in [6.45, 7) is 0.534. The average Bonchev–Trinajstić information content (AvgIpc) is 3.25. The SMILES string of the molecule is O=C(CN1CCCCCC1=O)NNC(=O)c1csc(-c2ccsc2)n1. The molecule has 3 heterocycles. The lowest BCUT2D eigenvalue weighted by molar-refractivity contribution is -0.135. The predicted octanol–water partition coefficient (Wildman–Crippen LogP) is 2.04. The zero-order valence-corrected chi connectivity index (χ0v) is 15.1. The minimum Gasteiger partial charge on any atom is -0.333 e. The van der Waals surface area contributed by atoms with Crippen molar-refractivity contribution in [3.05, 3.63) is 27.9 Å². The van der Waals surface area contributed by atoms with Gasteiger partial charge in [-0.1, -0.05) is 6.42 Å². The first kappa shape index (κ1) is 17.6. The van der Waals surface area contributed by atoms with Gasteiger partial charge in [-0.2, -0.15) is 11.3 Å². The highest BCUT2D eigenvalue weighted by Crippen LogP contribution is 2.25. The third kappa shape index (κ3) is 4.64. The molecule has 9 heteroatoms. The van der Waals surface area contributed by atoms with Crippen LogP contribution in [0.25, 0.3) is 10.6 Å². The Balaban J connectivity index is 1.50. The van der Waals surface area contributed by atoms with Crippen molar-refractivity contribution in [1.29, 1.82) is 0 Å². The molecule has 0 bridgehead atoms. The van der Waals surface area contributed by atoms with Crippen LogP contribution < -0.4 is 10.9 Å². The van der Waals surface area contributed by atoms with E-state index in [1.54, 1.807) is 16.7 Å². The number of thiazole rings is 1. The summed E-state index contributed by atoms with van der Waals surface area (Å²) in [4.78, 5) is 41.7. The molecule has 2 aromatic rings. The van der Waals surface area contributed by atoms with Crippen molar-refractivity contribution < 1.29 is 14.4 Å². The van der Waals surface area contributed by atoms with Gasteiger partial charge >= 0.3 is 0 Å². The van der Waals surface area contributed by atoms with Crippen LogP contribution in [-0.4, -0.2) is 40.7 Å². The van der Waals surface area contributed by atoms with E-state index in [0.29, 0.717) is 13.0 Å². The number of hydrogen-bond acceptors (Lipinski definition) is 6. The largest absolute Gasteiger partial charge is 0.333 e. The topological polar surface area (TPSA) is 91.4 Å². The fourth-order valence-corrected chi connectivity index (χ4v) is 4.02. The molecule has 1 saturated heterocycles. The minimum absolute atomic E-state index is 0.0149. The molecule has 0 radical (unpaired) electrons. The number of nitrogens with one attached hydrogen (secondary N) is 2. The van der Waals surface area contributed by atoms with Gasteiger partial charge in [0.25, 0.3) is 11.8 Å². The highest BCUT2D eigenvalue weighted by molar-refractivity contribution is 7.14. The second-order valence-electron chi connectivity index (χ2n) is 5.68. The molecule has 25 heavy (non-hydrogen) atoms. The molecule has 0 aromatic carbocycles. The quantitative estimate of drug-likeness (QED) is 0.797. The zero-order chi connectivity index (χ0) is 17.6. The van der Waals surface area contributed by atoms with Gasteiger partial charge in [0.05, 0.1) is 0 Å². The molecule has 1 aliphatic heterocycles. The maximum absolute atomic E-state index is 12.1. The minimum atomic E-state index is -0.478. The molecule has 1 fully saturated rings. The van der Waals surface area contributed by atoms with Crippen LogP contribution >= 0.6 is 22.7 Å². The summed E-state index contributed by atoms with van der Waals surface area (Å²) in [5.41, 5.74) is 5.91. The van der Waals surface area contributed by atoms with E-state index in [2.05, 4.69) is 15.8 Å². The van der Waals surface area contributed by atoms with Crippen molar-refractivity contribution in [2.24, 2.45) is 0 Å². The summed E-state index contributed by atoms with van der Waals surface area (Å²) >= 11 is 2.93. The number of carbonyl (C=O) groups excluding carboxylic acids is 3. The first-order valence-electron chi connectivity index (χ1n) is 7.98. The summed E-state index contributed by atoms with van der Waals surface area (Å²) in [6.07, 6.45) is 3.24. The van der Waals surface area contributed by atoms with Crippen molar-refractivity contribution in [1.82, 2.24) is 20.7 Å². The van der Waals surface area contributed by atoms with Crippen molar-refractivity contribution in [3.63, 3.8) is 0 Å². The maximum atomic E-state index is 12.1. The molecule has 3 rings (SSSR count). The molecule has 7 nitrogen and oxygen atoms in total. The monoisotopic (exact) mass is 378 g/mol. The lowest BCUT2D eigenvalue weighted by Gasteiger charge is -2.19. The van der Waals surface area contributed by atoms with Crippen LogP contribution in [0, 0.1) is 0 Å². The molecular weight excluding hydrogens is 360 g/mol. The van der Waals surface area contributed by atoms with Gasteiger partial charge in [-0.05, 0) is 24.3 Å². The molecule has 1 aliphatic rings. The summed E-state index contributed by atoms with van der Waals surface area (Å²) in [5, 5.41) is 6.31. The number of rotatable bonds is 4. The fraction of sp³-hybridized carbons (Fsp3) is 0.375. The molecule has 2 aromatic heterocycles. The predicted molar refractivity (Wildman–Crippen MR) is 96.1 cm³/mol. The number of carbonyl (C=O) groups is 3. The number of amides is 3. The van der Waals surface area contributed by atoms with Crippen LogP contribution in [0.15, 0.2) is 22.2 Å². The van der Waals surface area contributed by atoms with Gasteiger partial charge in [-0.3, -0.25) is 25.2 Å². The molecule has 0 saturated carbocycles. The number of nitrogens with zero attached hydrogens (tertiary/aromatic N) is 2. The molecule has 0 atom stereocenters. The van der Waals surface area contributed by atoms with E-state index in [9.17, 15) is 14.4 Å². The Hall–Kier alpha value is -2.26. The Labute approximate surface area is 153 Å². The van der Waals surface area contributed by atoms with Crippen molar-refractivity contribution in [2.45, 2.75) is 25.7 Å². The van der Waals surface area contributed by atoms with Crippen LogP contribution in [0.3, 0.4) is 0 Å². The highest BCUT2D eigenvalue weighted by Gasteiger charge is 2.20. The Bertz CT molecular complexity index is 757. The third-order valence-electron chi connectivity index (χ3n) is 3.83. The van der Waals surface area contributed by atoms with Crippen molar-refractivity contribution in [2.75, 3.05) is 13.1 Å². The highest BCUT2D eigenvalue weighted by atomic mass is 32.1. The average molecular weight is 378 g/mol. The van der Waals surface area contributed by atoms with Gasteiger partial charge in [0, 0.05) is 29.3 Å². The van der Waals surface area contributed by atoms with Crippen molar-refractivity contribution >= 4 is 40.4 Å². The molecule has 132 valence electrons. The van der Waals surface area contributed by atoms with E-state index in [4.69, 9.17) is 0 Å². The number of likely N-dealkylation sites (tertiary alicyclic amines) is 1. The van der Waals surface area contributed by atoms with E-state index < -0.39 is 11.8 Å². The summed E-state index contributed by atoms with van der Waals surface area (Å²) < 4.78 is 0. The van der Waals surface area contributed by atoms with Gasteiger partial charge in [0.1, 0.15) is 17.2 Å². The molecule has 0 unspecified atom stereocenters. The Kier molecular flexibility index (Phi) is 5.77. The molecular formula is C16H18N4O3S2. The standard InChI is InChI=1S/C16H18N4O3S2/c21-13(8-20-6-3-1-2-4-14(20)22)18-19-15(23)12-10-25-16(17-12)11-5-7-24-9-11/h5,7,9-10H,1-4,6,8H2,(H,18,21)(H,19,23). The van der Waals surface area contributed by atoms with Gasteiger partial charge in [-0.25, -0.2) is 4.98 Å². The van der Waals surface area contributed by atoms with Crippen LogP contribution in [0.1, 0.15) is 36.2 Å².